The third kappa shape index (κ3) is 2.38. The maximum absolute atomic E-state index is 12.4. The Kier molecular flexibility index (Phi) is 3.35. The number of piperidine rings is 1. The van der Waals surface area contributed by atoms with Crippen LogP contribution in [0.25, 0.3) is 10.4 Å². The number of nitrogens with zero attached hydrogens (tertiary/aromatic N) is 1. The molecule has 114 valence electrons. The van der Waals surface area contributed by atoms with E-state index in [2.05, 4.69) is 15.6 Å². The van der Waals surface area contributed by atoms with Gasteiger partial charge in [0.05, 0.1) is 4.88 Å². The van der Waals surface area contributed by atoms with Gasteiger partial charge in [-0.05, 0) is 31.4 Å². The minimum Gasteiger partial charge on any atom is -0.398 e. The van der Waals surface area contributed by atoms with Gasteiger partial charge in [0.2, 0.25) is 0 Å². The zero-order valence-electron chi connectivity index (χ0n) is 12.1. The highest BCUT2D eigenvalue weighted by Crippen LogP contribution is 2.33. The van der Waals surface area contributed by atoms with Crippen molar-refractivity contribution < 1.29 is 4.79 Å². The lowest BCUT2D eigenvalue weighted by atomic mass is 10.1. The second-order valence-corrected chi connectivity index (χ2v) is 7.08. The molecule has 3 unspecified atom stereocenters. The van der Waals surface area contributed by atoms with Crippen molar-refractivity contribution in [2.24, 2.45) is 5.92 Å². The molecule has 1 saturated carbocycles. The molecule has 2 heterocycles. The number of thiazole rings is 1. The van der Waals surface area contributed by atoms with Gasteiger partial charge in [0.25, 0.3) is 5.91 Å². The molecular weight excluding hydrogens is 296 g/mol. The third-order valence-corrected chi connectivity index (χ3v) is 5.60. The number of aromatic nitrogens is 1. The number of nitrogen functional groups attached to an aromatic ring is 1. The summed E-state index contributed by atoms with van der Waals surface area (Å²) in [6.45, 7) is 1.09. The first-order valence-electron chi connectivity index (χ1n) is 7.55. The number of benzene rings is 1. The van der Waals surface area contributed by atoms with Gasteiger partial charge in [-0.3, -0.25) is 4.79 Å². The summed E-state index contributed by atoms with van der Waals surface area (Å²) in [6, 6.07) is 8.31. The first-order valence-corrected chi connectivity index (χ1v) is 8.37. The maximum Gasteiger partial charge on any atom is 0.280 e. The number of anilines is 1. The molecule has 1 saturated heterocycles. The minimum absolute atomic E-state index is 0.0786. The van der Waals surface area contributed by atoms with Gasteiger partial charge in [-0.1, -0.05) is 18.2 Å². The van der Waals surface area contributed by atoms with Gasteiger partial charge in [-0.15, -0.1) is 11.3 Å². The summed E-state index contributed by atoms with van der Waals surface area (Å²) >= 11 is 1.39. The topological polar surface area (TPSA) is 80.0 Å². The van der Waals surface area contributed by atoms with E-state index in [0.717, 1.165) is 23.4 Å². The molecule has 4 rings (SSSR count). The SMILES string of the molecule is Nc1ccccc1-c1cnc(C(=O)NC2CC3CNC2C3)s1. The van der Waals surface area contributed by atoms with Gasteiger partial charge in [-0.25, -0.2) is 4.98 Å². The summed E-state index contributed by atoms with van der Waals surface area (Å²) in [5.41, 5.74) is 7.62. The number of carbonyl (C=O) groups is 1. The molecule has 2 aromatic rings. The molecule has 1 aromatic heterocycles. The molecule has 3 atom stereocenters. The number of hydrogen-bond donors (Lipinski definition) is 3. The summed E-state index contributed by atoms with van der Waals surface area (Å²) in [7, 11) is 0. The lowest BCUT2D eigenvalue weighted by Crippen LogP contribution is -2.47. The smallest absolute Gasteiger partial charge is 0.280 e. The van der Waals surface area contributed by atoms with E-state index in [1.807, 2.05) is 24.3 Å². The van der Waals surface area contributed by atoms with Crippen molar-refractivity contribution in [1.29, 1.82) is 0 Å². The zero-order valence-corrected chi connectivity index (χ0v) is 12.9. The Morgan fingerprint density at radius 2 is 2.23 bits per heavy atom. The fourth-order valence-electron chi connectivity index (χ4n) is 3.47. The molecule has 22 heavy (non-hydrogen) atoms. The van der Waals surface area contributed by atoms with Crippen molar-refractivity contribution in [3.63, 3.8) is 0 Å². The average Bonchev–Trinajstić information content (AvgIpc) is 3.24. The van der Waals surface area contributed by atoms with Crippen molar-refractivity contribution in [2.45, 2.75) is 24.9 Å². The molecule has 2 bridgehead atoms. The maximum atomic E-state index is 12.4. The van der Waals surface area contributed by atoms with E-state index in [9.17, 15) is 4.79 Å². The van der Waals surface area contributed by atoms with E-state index in [4.69, 9.17) is 5.73 Å². The van der Waals surface area contributed by atoms with E-state index < -0.39 is 0 Å². The van der Waals surface area contributed by atoms with Crippen LogP contribution in [0.3, 0.4) is 0 Å². The first kappa shape index (κ1) is 13.7. The van der Waals surface area contributed by atoms with Gasteiger partial charge < -0.3 is 16.4 Å². The van der Waals surface area contributed by atoms with Crippen LogP contribution in [0, 0.1) is 5.92 Å². The molecule has 1 aliphatic carbocycles. The molecule has 5 nitrogen and oxygen atoms in total. The monoisotopic (exact) mass is 314 g/mol. The van der Waals surface area contributed by atoms with Crippen molar-refractivity contribution >= 4 is 22.9 Å². The van der Waals surface area contributed by atoms with Gasteiger partial charge in [0, 0.05) is 29.5 Å². The van der Waals surface area contributed by atoms with E-state index in [1.165, 1.54) is 17.8 Å². The Morgan fingerprint density at radius 3 is 2.95 bits per heavy atom. The molecular formula is C16H18N4OS. The highest BCUT2D eigenvalue weighted by molar-refractivity contribution is 7.17. The number of para-hydroxylation sites is 1. The third-order valence-electron chi connectivity index (χ3n) is 4.57. The molecule has 1 amide bonds. The fraction of sp³-hybridized carbons (Fsp3) is 0.375. The van der Waals surface area contributed by atoms with Gasteiger partial charge in [0.1, 0.15) is 0 Å². The zero-order chi connectivity index (χ0) is 15.1. The summed E-state index contributed by atoms with van der Waals surface area (Å²) in [6.07, 6.45) is 3.98. The Bertz CT molecular complexity index is 714. The standard InChI is InChI=1S/C16H18N4OS/c17-11-4-2-1-3-10(11)14-8-19-16(22-14)15(21)20-13-6-9-5-12(13)18-7-9/h1-4,8-9,12-13,18H,5-7,17H2,(H,20,21). The first-order chi connectivity index (χ1) is 10.7. The predicted octanol–water partition coefficient (Wildman–Crippen LogP) is 1.87. The fourth-order valence-corrected chi connectivity index (χ4v) is 4.33. The largest absolute Gasteiger partial charge is 0.398 e. The number of amides is 1. The summed E-state index contributed by atoms with van der Waals surface area (Å²) in [5.74, 6) is 0.636. The van der Waals surface area contributed by atoms with Crippen LogP contribution >= 0.6 is 11.3 Å². The van der Waals surface area contributed by atoms with Gasteiger partial charge in [-0.2, -0.15) is 0 Å². The van der Waals surface area contributed by atoms with E-state index in [-0.39, 0.29) is 11.9 Å². The second-order valence-electron chi connectivity index (χ2n) is 6.05. The number of nitrogens with two attached hydrogens (primary N) is 1. The Hall–Kier alpha value is -1.92. The Balaban J connectivity index is 1.49. The lowest BCUT2D eigenvalue weighted by molar-refractivity contribution is 0.0928. The highest BCUT2D eigenvalue weighted by Gasteiger charge is 2.40. The van der Waals surface area contributed by atoms with E-state index >= 15 is 0 Å². The van der Waals surface area contributed by atoms with Crippen LogP contribution in [0.5, 0.6) is 0 Å². The van der Waals surface area contributed by atoms with Crippen molar-refractivity contribution in [3.8, 4) is 10.4 Å². The highest BCUT2D eigenvalue weighted by atomic mass is 32.1. The number of hydrogen-bond acceptors (Lipinski definition) is 5. The normalized spacial score (nSPS) is 26.3. The molecule has 4 N–H and O–H groups in total. The van der Waals surface area contributed by atoms with Crippen LogP contribution in [0.2, 0.25) is 0 Å². The molecule has 1 aliphatic heterocycles. The average molecular weight is 314 g/mol. The Labute approximate surface area is 132 Å². The molecule has 6 heteroatoms. The quantitative estimate of drug-likeness (QED) is 0.756. The molecule has 1 aromatic carbocycles. The number of rotatable bonds is 3. The van der Waals surface area contributed by atoms with Gasteiger partial charge >= 0.3 is 0 Å². The number of fused-ring (bicyclic) bond motifs is 2. The Morgan fingerprint density at radius 1 is 1.36 bits per heavy atom. The van der Waals surface area contributed by atoms with Crippen molar-refractivity contribution in [2.75, 3.05) is 12.3 Å². The van der Waals surface area contributed by atoms with Crippen LogP contribution in [-0.4, -0.2) is 29.5 Å². The molecule has 2 aliphatic rings. The second kappa shape index (κ2) is 5.37. The molecule has 0 radical (unpaired) electrons. The van der Waals surface area contributed by atoms with Crippen LogP contribution in [0.1, 0.15) is 22.6 Å². The van der Waals surface area contributed by atoms with Crippen LogP contribution in [-0.2, 0) is 0 Å². The van der Waals surface area contributed by atoms with Crippen LogP contribution in [0.4, 0.5) is 5.69 Å². The minimum atomic E-state index is -0.0786. The lowest BCUT2D eigenvalue weighted by Gasteiger charge is -2.23. The van der Waals surface area contributed by atoms with Crippen molar-refractivity contribution in [1.82, 2.24) is 15.6 Å². The summed E-state index contributed by atoms with van der Waals surface area (Å²) in [4.78, 5) is 17.6. The summed E-state index contributed by atoms with van der Waals surface area (Å²) < 4.78 is 0. The van der Waals surface area contributed by atoms with Crippen LogP contribution in [0.15, 0.2) is 30.5 Å². The van der Waals surface area contributed by atoms with E-state index in [0.29, 0.717) is 22.7 Å². The predicted molar refractivity (Wildman–Crippen MR) is 87.7 cm³/mol. The molecule has 2 fully saturated rings. The van der Waals surface area contributed by atoms with Crippen LogP contribution < -0.4 is 16.4 Å². The van der Waals surface area contributed by atoms with E-state index in [1.54, 1.807) is 6.20 Å². The molecule has 0 spiro atoms. The number of nitrogens with one attached hydrogen (secondary N) is 2. The summed E-state index contributed by atoms with van der Waals surface area (Å²) in [5, 5.41) is 7.08. The van der Waals surface area contributed by atoms with Crippen molar-refractivity contribution in [3.05, 3.63) is 35.5 Å². The van der Waals surface area contributed by atoms with Gasteiger partial charge in [0.15, 0.2) is 5.01 Å². The number of carbonyl (C=O) groups excluding carboxylic acids is 1.